The van der Waals surface area contributed by atoms with Crippen molar-refractivity contribution in [1.82, 2.24) is 20.2 Å². The first-order valence-corrected chi connectivity index (χ1v) is 9.51. The van der Waals surface area contributed by atoms with Gasteiger partial charge < -0.3 is 10.2 Å². The molecule has 1 aliphatic heterocycles. The van der Waals surface area contributed by atoms with E-state index >= 15 is 0 Å². The van der Waals surface area contributed by atoms with Crippen LogP contribution in [0, 0.1) is 5.92 Å². The Hall–Kier alpha value is -2.18. The molecule has 0 radical (unpaired) electrons. The summed E-state index contributed by atoms with van der Waals surface area (Å²) in [6.07, 6.45) is 7.68. The molecule has 8 heteroatoms. The van der Waals surface area contributed by atoms with Crippen molar-refractivity contribution in [3.63, 3.8) is 0 Å². The fourth-order valence-corrected chi connectivity index (χ4v) is 3.69. The van der Waals surface area contributed by atoms with Gasteiger partial charge in [0.25, 0.3) is 11.8 Å². The molecule has 6 nitrogen and oxygen atoms in total. The van der Waals surface area contributed by atoms with Crippen LogP contribution in [0.25, 0.3) is 0 Å². The third-order valence-corrected chi connectivity index (χ3v) is 5.36. The van der Waals surface area contributed by atoms with E-state index in [1.165, 1.54) is 18.6 Å². The summed E-state index contributed by atoms with van der Waals surface area (Å²) in [6, 6.07) is 3.07. The normalized spacial score (nSPS) is 19.6. The molecule has 3 rings (SSSR count). The molecule has 1 aliphatic rings. The van der Waals surface area contributed by atoms with Crippen molar-refractivity contribution in [3.05, 3.63) is 58.1 Å². The van der Waals surface area contributed by atoms with Gasteiger partial charge in [-0.3, -0.25) is 19.6 Å². The lowest BCUT2D eigenvalue weighted by molar-refractivity contribution is 0.0551. The summed E-state index contributed by atoms with van der Waals surface area (Å²) in [5, 5.41) is 3.51. The molecule has 2 aromatic rings. The van der Waals surface area contributed by atoms with Crippen LogP contribution in [0.4, 0.5) is 0 Å². The van der Waals surface area contributed by atoms with Crippen LogP contribution in [-0.2, 0) is 0 Å². The average Bonchev–Trinajstić information content (AvgIpc) is 2.66. The van der Waals surface area contributed by atoms with E-state index in [0.717, 1.165) is 12.8 Å². The molecule has 0 aromatic carbocycles. The Bertz CT molecular complexity index is 846. The van der Waals surface area contributed by atoms with Crippen LogP contribution < -0.4 is 5.32 Å². The van der Waals surface area contributed by atoms with Crippen LogP contribution in [0.5, 0.6) is 0 Å². The van der Waals surface area contributed by atoms with Crippen molar-refractivity contribution < 1.29 is 9.59 Å². The van der Waals surface area contributed by atoms with E-state index in [9.17, 15) is 9.59 Å². The first kappa shape index (κ1) is 19.6. The zero-order valence-electron chi connectivity index (χ0n) is 14.9. The second-order valence-corrected chi connectivity index (χ2v) is 7.52. The smallest absolute Gasteiger partial charge is 0.255 e. The Morgan fingerprint density at radius 1 is 1.15 bits per heavy atom. The van der Waals surface area contributed by atoms with E-state index in [2.05, 4.69) is 22.2 Å². The van der Waals surface area contributed by atoms with Crippen LogP contribution in [-0.4, -0.2) is 45.8 Å². The predicted molar refractivity (Wildman–Crippen MR) is 104 cm³/mol. The lowest BCUT2D eigenvalue weighted by atomic mass is 9.91. The molecule has 142 valence electrons. The molecule has 2 aromatic heterocycles. The maximum atomic E-state index is 13.0. The highest BCUT2D eigenvalue weighted by Crippen LogP contribution is 2.26. The number of amides is 2. The summed E-state index contributed by atoms with van der Waals surface area (Å²) in [6.45, 7) is 3.11. The van der Waals surface area contributed by atoms with Crippen molar-refractivity contribution in [1.29, 1.82) is 0 Å². The molecule has 1 fully saturated rings. The zero-order chi connectivity index (χ0) is 19.4. The largest absolute Gasteiger partial charge is 0.350 e. The van der Waals surface area contributed by atoms with Crippen LogP contribution in [0.15, 0.2) is 36.9 Å². The van der Waals surface area contributed by atoms with Gasteiger partial charge in [-0.25, -0.2) is 0 Å². The van der Waals surface area contributed by atoms with E-state index < -0.39 is 0 Å². The van der Waals surface area contributed by atoms with E-state index in [1.54, 1.807) is 23.2 Å². The second kappa shape index (κ2) is 8.67. The number of hydrogen-bond acceptors (Lipinski definition) is 4. The van der Waals surface area contributed by atoms with Gasteiger partial charge in [0, 0.05) is 43.9 Å². The highest BCUT2D eigenvalue weighted by molar-refractivity contribution is 6.34. The maximum absolute atomic E-state index is 13.0. The number of likely N-dealkylation sites (tertiary alicyclic amines) is 1. The van der Waals surface area contributed by atoms with E-state index in [-0.39, 0.29) is 17.9 Å². The molecule has 0 unspecified atom stereocenters. The quantitative estimate of drug-likeness (QED) is 0.843. The van der Waals surface area contributed by atoms with Crippen molar-refractivity contribution in [2.45, 2.75) is 25.8 Å². The van der Waals surface area contributed by atoms with Gasteiger partial charge >= 0.3 is 0 Å². The Morgan fingerprint density at radius 3 is 2.41 bits per heavy atom. The van der Waals surface area contributed by atoms with Gasteiger partial charge in [0.2, 0.25) is 0 Å². The van der Waals surface area contributed by atoms with Crippen LogP contribution in [0.1, 0.15) is 40.5 Å². The molecule has 0 saturated carbocycles. The minimum absolute atomic E-state index is 0.116. The molecular formula is C19H20Cl2N4O2. The van der Waals surface area contributed by atoms with E-state index in [4.69, 9.17) is 23.2 Å². The van der Waals surface area contributed by atoms with Gasteiger partial charge in [0.15, 0.2) is 0 Å². The van der Waals surface area contributed by atoms with Gasteiger partial charge in [-0.15, -0.1) is 0 Å². The monoisotopic (exact) mass is 406 g/mol. The molecule has 2 atom stereocenters. The minimum Gasteiger partial charge on any atom is -0.350 e. The Kier molecular flexibility index (Phi) is 6.29. The van der Waals surface area contributed by atoms with Gasteiger partial charge in [-0.05, 0) is 30.9 Å². The maximum Gasteiger partial charge on any atom is 0.255 e. The van der Waals surface area contributed by atoms with Crippen LogP contribution >= 0.6 is 23.2 Å². The zero-order valence-corrected chi connectivity index (χ0v) is 16.4. The fraction of sp³-hybridized carbons (Fsp3) is 0.368. The number of carbonyl (C=O) groups is 2. The van der Waals surface area contributed by atoms with Crippen molar-refractivity contribution in [2.24, 2.45) is 5.92 Å². The molecule has 0 spiro atoms. The molecule has 27 heavy (non-hydrogen) atoms. The van der Waals surface area contributed by atoms with Crippen LogP contribution in [0.3, 0.4) is 0 Å². The predicted octanol–water partition coefficient (Wildman–Crippen LogP) is 3.45. The first-order valence-electron chi connectivity index (χ1n) is 8.75. The molecule has 0 bridgehead atoms. The number of pyridine rings is 2. The number of hydrogen-bond donors (Lipinski definition) is 1. The Labute approximate surface area is 167 Å². The highest BCUT2D eigenvalue weighted by atomic mass is 35.5. The van der Waals surface area contributed by atoms with Gasteiger partial charge in [-0.2, -0.15) is 0 Å². The summed E-state index contributed by atoms with van der Waals surface area (Å²) in [5.41, 5.74) is 0.792. The van der Waals surface area contributed by atoms with E-state index in [1.807, 2.05) is 0 Å². The van der Waals surface area contributed by atoms with Gasteiger partial charge in [-0.1, -0.05) is 30.1 Å². The number of carbonyl (C=O) groups excluding carboxylic acids is 2. The van der Waals surface area contributed by atoms with E-state index in [0.29, 0.717) is 40.2 Å². The summed E-state index contributed by atoms with van der Waals surface area (Å²) < 4.78 is 0. The molecule has 1 N–H and O–H groups in total. The number of aromatic nitrogens is 2. The number of halogens is 2. The minimum atomic E-state index is -0.282. The second-order valence-electron chi connectivity index (χ2n) is 6.70. The van der Waals surface area contributed by atoms with Crippen molar-refractivity contribution in [3.8, 4) is 0 Å². The Morgan fingerprint density at radius 2 is 1.78 bits per heavy atom. The van der Waals surface area contributed by atoms with Crippen molar-refractivity contribution in [2.75, 3.05) is 13.1 Å². The summed E-state index contributed by atoms with van der Waals surface area (Å²) >= 11 is 12.2. The highest BCUT2D eigenvalue weighted by Gasteiger charge is 2.31. The fourth-order valence-electron chi connectivity index (χ4n) is 3.28. The third-order valence-electron chi connectivity index (χ3n) is 4.76. The summed E-state index contributed by atoms with van der Waals surface area (Å²) in [7, 11) is 0. The van der Waals surface area contributed by atoms with Gasteiger partial charge in [0.05, 0.1) is 21.2 Å². The molecular weight excluding hydrogens is 387 g/mol. The number of piperidine rings is 1. The summed E-state index contributed by atoms with van der Waals surface area (Å²) in [5.74, 6) is 0.0406. The molecule has 2 amide bonds. The van der Waals surface area contributed by atoms with Gasteiger partial charge in [0.1, 0.15) is 0 Å². The topological polar surface area (TPSA) is 75.2 Å². The Balaban J connectivity index is 1.73. The standard InChI is InChI=1S/C19H20Cl2N4O2/c1-12-4-7-25(19(27)15-3-6-23-11-17(15)21)13(8-12)9-24-18(26)14-2-5-22-10-16(14)20/h2-3,5-6,10-13H,4,7-9H2,1H3,(H,24,26)/t12-,13+/m1/s1. The van der Waals surface area contributed by atoms with Crippen LogP contribution in [0.2, 0.25) is 10.0 Å². The van der Waals surface area contributed by atoms with Crippen molar-refractivity contribution >= 4 is 35.0 Å². The third kappa shape index (κ3) is 4.57. The molecule has 1 saturated heterocycles. The number of nitrogens with one attached hydrogen (secondary N) is 1. The first-order chi connectivity index (χ1) is 13.0. The molecule has 3 heterocycles. The average molecular weight is 407 g/mol. The lowest BCUT2D eigenvalue weighted by Crippen LogP contribution is -2.51. The lowest BCUT2D eigenvalue weighted by Gasteiger charge is -2.38. The molecule has 0 aliphatic carbocycles. The number of rotatable bonds is 4. The number of nitrogens with zero attached hydrogens (tertiary/aromatic N) is 3. The summed E-state index contributed by atoms with van der Waals surface area (Å²) in [4.78, 5) is 35.0. The SMILES string of the molecule is C[C@@H]1CCN(C(=O)c2ccncc2Cl)[C@H](CNC(=O)c2ccncc2Cl)C1.